The maximum Gasteiger partial charge on any atom is 0.302 e. The van der Waals surface area contributed by atoms with Gasteiger partial charge >= 0.3 is 5.97 Å². The van der Waals surface area contributed by atoms with Gasteiger partial charge in [0.2, 0.25) is 5.91 Å². The summed E-state index contributed by atoms with van der Waals surface area (Å²) in [5, 5.41) is 2.71. The number of carbonyl (C=O) groups is 2. The Bertz CT molecular complexity index is 272. The van der Waals surface area contributed by atoms with Crippen molar-refractivity contribution in [2.45, 2.75) is 44.4 Å². The van der Waals surface area contributed by atoms with Crippen LogP contribution in [0.4, 0.5) is 0 Å². The van der Waals surface area contributed by atoms with Crippen LogP contribution in [0, 0.1) is 0 Å². The van der Waals surface area contributed by atoms with Crippen molar-refractivity contribution < 1.29 is 19.1 Å². The summed E-state index contributed by atoms with van der Waals surface area (Å²) in [6.45, 7) is 3.00. The number of amides is 1. The highest BCUT2D eigenvalue weighted by atomic mass is 35.5. The molecule has 1 N–H and O–H groups in total. The van der Waals surface area contributed by atoms with Gasteiger partial charge in [0.25, 0.3) is 0 Å². The van der Waals surface area contributed by atoms with Crippen LogP contribution in [-0.4, -0.2) is 36.2 Å². The lowest BCUT2D eigenvalue weighted by molar-refractivity contribution is -0.148. The van der Waals surface area contributed by atoms with Crippen molar-refractivity contribution in [1.29, 1.82) is 0 Å². The van der Waals surface area contributed by atoms with Crippen LogP contribution >= 0.6 is 11.6 Å². The first-order chi connectivity index (χ1) is 7.49. The second-order valence-corrected chi connectivity index (χ2v) is 4.23. The van der Waals surface area contributed by atoms with E-state index in [1.54, 1.807) is 0 Å². The first kappa shape index (κ1) is 13.3. The number of hydrogen-bond acceptors (Lipinski definition) is 4. The van der Waals surface area contributed by atoms with E-state index in [1.165, 1.54) is 13.8 Å². The molecule has 0 aromatic carbocycles. The predicted molar refractivity (Wildman–Crippen MR) is 58.0 cm³/mol. The zero-order chi connectivity index (χ0) is 12.1. The van der Waals surface area contributed by atoms with Gasteiger partial charge in [-0.2, -0.15) is 0 Å². The Morgan fingerprint density at radius 2 is 2.12 bits per heavy atom. The Morgan fingerprint density at radius 3 is 2.62 bits per heavy atom. The van der Waals surface area contributed by atoms with Gasteiger partial charge in [0.05, 0.1) is 12.1 Å². The standard InChI is InChI=1S/C10H16ClNO4/c1-6(13)12-9-4-3-8(16-10(9)11)5-15-7(2)14/h8-10H,3-5H2,1-2H3,(H,12,13). The average Bonchev–Trinajstić information content (AvgIpc) is 2.18. The summed E-state index contributed by atoms with van der Waals surface area (Å²) in [5.41, 5.74) is -0.571. The Hall–Kier alpha value is -0.810. The van der Waals surface area contributed by atoms with Crippen LogP contribution in [0.5, 0.6) is 0 Å². The number of hydrogen-bond donors (Lipinski definition) is 1. The van der Waals surface area contributed by atoms with Crippen molar-refractivity contribution in [3.8, 4) is 0 Å². The largest absolute Gasteiger partial charge is 0.463 e. The number of rotatable bonds is 3. The number of halogens is 1. The van der Waals surface area contributed by atoms with E-state index >= 15 is 0 Å². The van der Waals surface area contributed by atoms with Crippen molar-refractivity contribution in [3.05, 3.63) is 0 Å². The molecule has 16 heavy (non-hydrogen) atoms. The van der Waals surface area contributed by atoms with E-state index in [0.29, 0.717) is 6.42 Å². The first-order valence-corrected chi connectivity index (χ1v) is 5.62. The SMILES string of the molecule is CC(=O)NC1CCC(COC(C)=O)OC1Cl. The normalized spacial score (nSPS) is 29.6. The maximum atomic E-state index is 10.9. The lowest BCUT2D eigenvalue weighted by Crippen LogP contribution is -2.47. The quantitative estimate of drug-likeness (QED) is 0.594. The molecule has 6 heteroatoms. The molecule has 0 aromatic heterocycles. The van der Waals surface area contributed by atoms with Gasteiger partial charge in [-0.25, -0.2) is 0 Å². The van der Waals surface area contributed by atoms with Gasteiger partial charge in [-0.1, -0.05) is 11.6 Å². The number of ether oxygens (including phenoxy) is 2. The topological polar surface area (TPSA) is 64.6 Å². The number of esters is 1. The van der Waals surface area contributed by atoms with Gasteiger partial charge in [-0.3, -0.25) is 9.59 Å². The molecule has 5 nitrogen and oxygen atoms in total. The fraction of sp³-hybridized carbons (Fsp3) is 0.800. The molecule has 1 heterocycles. The van der Waals surface area contributed by atoms with E-state index < -0.39 is 5.56 Å². The smallest absolute Gasteiger partial charge is 0.302 e. The van der Waals surface area contributed by atoms with Crippen LogP contribution in [0.25, 0.3) is 0 Å². The molecule has 1 amide bonds. The minimum Gasteiger partial charge on any atom is -0.463 e. The second-order valence-electron chi connectivity index (χ2n) is 3.80. The van der Waals surface area contributed by atoms with Crippen molar-refractivity contribution in [1.82, 2.24) is 5.32 Å². The van der Waals surface area contributed by atoms with Crippen LogP contribution < -0.4 is 5.32 Å². The fourth-order valence-electron chi connectivity index (χ4n) is 1.57. The van der Waals surface area contributed by atoms with Gasteiger partial charge in [0.15, 0.2) is 5.56 Å². The minimum atomic E-state index is -0.571. The maximum absolute atomic E-state index is 10.9. The van der Waals surface area contributed by atoms with E-state index in [9.17, 15) is 9.59 Å². The third kappa shape index (κ3) is 4.37. The summed E-state index contributed by atoms with van der Waals surface area (Å²) < 4.78 is 10.3. The van der Waals surface area contributed by atoms with Crippen molar-refractivity contribution in [3.63, 3.8) is 0 Å². The molecule has 0 spiro atoms. The zero-order valence-corrected chi connectivity index (χ0v) is 10.1. The monoisotopic (exact) mass is 249 g/mol. The van der Waals surface area contributed by atoms with Crippen LogP contribution in [0.3, 0.4) is 0 Å². The summed E-state index contributed by atoms with van der Waals surface area (Å²) >= 11 is 5.96. The summed E-state index contributed by atoms with van der Waals surface area (Å²) in [6.07, 6.45) is 1.25. The van der Waals surface area contributed by atoms with Crippen molar-refractivity contribution >= 4 is 23.5 Å². The number of carbonyl (C=O) groups excluding carboxylic acids is 2. The lowest BCUT2D eigenvalue weighted by atomic mass is 10.1. The summed E-state index contributed by atoms with van der Waals surface area (Å²) in [6, 6.07) is -0.173. The van der Waals surface area contributed by atoms with Crippen molar-refractivity contribution in [2.75, 3.05) is 6.61 Å². The summed E-state index contributed by atoms with van der Waals surface area (Å²) in [7, 11) is 0. The van der Waals surface area contributed by atoms with Gasteiger partial charge in [0, 0.05) is 13.8 Å². The molecular formula is C10H16ClNO4. The molecule has 3 atom stereocenters. The summed E-state index contributed by atoms with van der Waals surface area (Å²) in [5.74, 6) is -0.462. The molecule has 1 fully saturated rings. The van der Waals surface area contributed by atoms with Crippen LogP contribution in [0.2, 0.25) is 0 Å². The van der Waals surface area contributed by atoms with Crippen LogP contribution in [-0.2, 0) is 19.1 Å². The second kappa shape index (κ2) is 6.06. The molecule has 0 radical (unpaired) electrons. The van der Waals surface area contributed by atoms with E-state index in [-0.39, 0.29) is 30.6 Å². The highest BCUT2D eigenvalue weighted by molar-refractivity contribution is 6.20. The molecule has 1 saturated heterocycles. The van der Waals surface area contributed by atoms with E-state index in [0.717, 1.165) is 6.42 Å². The molecule has 0 bridgehead atoms. The first-order valence-electron chi connectivity index (χ1n) is 5.19. The van der Waals surface area contributed by atoms with E-state index in [1.807, 2.05) is 0 Å². The molecule has 0 aromatic rings. The Kier molecular flexibility index (Phi) is 5.02. The van der Waals surface area contributed by atoms with Crippen LogP contribution in [0.1, 0.15) is 26.7 Å². The molecule has 1 rings (SSSR count). The highest BCUT2D eigenvalue weighted by Crippen LogP contribution is 2.22. The highest BCUT2D eigenvalue weighted by Gasteiger charge is 2.30. The number of alkyl halides is 1. The molecule has 0 saturated carbocycles. The van der Waals surface area contributed by atoms with Crippen molar-refractivity contribution in [2.24, 2.45) is 0 Å². The fourth-order valence-corrected chi connectivity index (χ4v) is 1.91. The summed E-state index contributed by atoms with van der Waals surface area (Å²) in [4.78, 5) is 21.5. The average molecular weight is 250 g/mol. The third-order valence-electron chi connectivity index (χ3n) is 2.30. The molecular weight excluding hydrogens is 234 g/mol. The molecule has 3 unspecified atom stereocenters. The predicted octanol–water partition coefficient (Wildman–Crippen LogP) is 0.798. The number of nitrogens with one attached hydrogen (secondary N) is 1. The lowest BCUT2D eigenvalue weighted by Gasteiger charge is -2.33. The molecule has 1 aliphatic heterocycles. The zero-order valence-electron chi connectivity index (χ0n) is 9.36. The Morgan fingerprint density at radius 1 is 1.44 bits per heavy atom. The molecule has 0 aliphatic carbocycles. The van der Waals surface area contributed by atoms with Crippen LogP contribution in [0.15, 0.2) is 0 Å². The van der Waals surface area contributed by atoms with Gasteiger partial charge in [-0.05, 0) is 12.8 Å². The van der Waals surface area contributed by atoms with Gasteiger partial charge < -0.3 is 14.8 Å². The van der Waals surface area contributed by atoms with Gasteiger partial charge in [0.1, 0.15) is 6.61 Å². The minimum absolute atomic E-state index is 0.127. The third-order valence-corrected chi connectivity index (χ3v) is 2.71. The molecule has 1 aliphatic rings. The van der Waals surface area contributed by atoms with Gasteiger partial charge in [-0.15, -0.1) is 0 Å². The molecule has 92 valence electrons. The Labute approximate surface area is 99.4 Å². The Balaban J connectivity index is 2.33. The van der Waals surface area contributed by atoms with E-state index in [4.69, 9.17) is 21.1 Å². The van der Waals surface area contributed by atoms with E-state index in [2.05, 4.69) is 5.32 Å².